The molecule has 0 spiro atoms. The quantitative estimate of drug-likeness (QED) is 0.363. The molecule has 0 amide bonds. The Morgan fingerprint density at radius 1 is 0.368 bits per heavy atom. The monoisotopic (exact) mass is 378 g/mol. The number of hydrogen-bond acceptors (Lipinski definition) is 11. The van der Waals surface area contributed by atoms with Crippen LogP contribution in [0.1, 0.15) is 0 Å². The van der Waals surface area contributed by atoms with E-state index in [2.05, 4.69) is 0 Å². The Morgan fingerprint density at radius 3 is 0.368 bits per heavy atom. The molecular formula is H2Mg3O12Si4. The maximum atomic E-state index is 8.40. The van der Waals surface area contributed by atoms with Crippen LogP contribution in [-0.4, -0.2) is 108 Å². The van der Waals surface area contributed by atoms with Gasteiger partial charge in [0.2, 0.25) is 0 Å². The van der Waals surface area contributed by atoms with Gasteiger partial charge in [-0.25, -0.2) is 0 Å². The normalized spacial score (nSPS) is 2.63. The molecule has 0 aliphatic carbocycles. The van der Waals surface area contributed by atoms with Crippen molar-refractivity contribution in [2.24, 2.45) is 0 Å². The third-order valence-corrected chi connectivity index (χ3v) is 0. The predicted octanol–water partition coefficient (Wildman–Crippen LogP) is -4.80. The van der Waals surface area contributed by atoms with Crippen LogP contribution in [0.25, 0.3) is 0 Å². The second kappa shape index (κ2) is 251. The van der Waals surface area contributed by atoms with Crippen molar-refractivity contribution in [1.29, 1.82) is 0 Å². The summed E-state index contributed by atoms with van der Waals surface area (Å²) in [7, 11) is -5.67. The Morgan fingerprint density at radius 2 is 0.368 bits per heavy atom. The summed E-state index contributed by atoms with van der Waals surface area (Å²) in [5, 5.41) is 0. The molecule has 0 saturated heterocycles. The summed E-state index contributed by atoms with van der Waals surface area (Å²) in [4.78, 5) is 0. The van der Waals surface area contributed by atoms with E-state index in [9.17, 15) is 0 Å². The standard InChI is InChI=1S/3Mg.4O2Si.H2O.3O/c;;;4*1-3-2;;;;/h;;;;;;;1H2;;;. The third-order valence-electron chi connectivity index (χ3n) is 0. The van der Waals surface area contributed by atoms with Crippen molar-refractivity contribution in [1.82, 2.24) is 0 Å². The second-order valence-electron chi connectivity index (χ2n) is 0.333. The molecular weight excluding hydrogens is 377 g/mol. The fourth-order valence-electron chi connectivity index (χ4n) is 0. The fourth-order valence-corrected chi connectivity index (χ4v) is 0. The average Bonchev–Trinajstić information content (AvgIpc) is 2.40. The molecule has 19 heavy (non-hydrogen) atoms. The molecule has 0 aliphatic heterocycles. The molecule has 0 aromatic rings. The van der Waals surface area contributed by atoms with E-state index in [-0.39, 0.29) is 5.48 Å². The third kappa shape index (κ3) is 6320. The van der Waals surface area contributed by atoms with Crippen LogP contribution in [0, 0.1) is 0 Å². The Labute approximate surface area is 151 Å². The van der Waals surface area contributed by atoms with Crippen LogP contribution in [0.4, 0.5) is 0 Å². The molecule has 0 fully saturated rings. The van der Waals surface area contributed by atoms with Crippen LogP contribution < -0.4 is 0 Å². The molecule has 0 heterocycles. The van der Waals surface area contributed by atoms with Gasteiger partial charge in [-0.2, -0.15) is 0 Å². The molecule has 0 aliphatic rings. The van der Waals surface area contributed by atoms with Crippen molar-refractivity contribution in [2.45, 2.75) is 0 Å². The van der Waals surface area contributed by atoms with Crippen molar-refractivity contribution in [3.63, 3.8) is 0 Å². The van der Waals surface area contributed by atoms with Crippen LogP contribution in [0.3, 0.4) is 0 Å². The molecule has 12 nitrogen and oxygen atoms in total. The van der Waals surface area contributed by atoms with Crippen LogP contribution in [0.5, 0.6) is 0 Å². The van der Waals surface area contributed by atoms with Crippen LogP contribution in [0.15, 0.2) is 0 Å². The molecule has 0 bridgehead atoms. The first-order chi connectivity index (χ1) is 8.66. The topological polar surface area (TPSA) is 219 Å². The van der Waals surface area contributed by atoms with Gasteiger partial charge in [-0.3, -0.25) is 35.7 Å². The molecule has 0 rings (SSSR count). The Bertz CT molecular complexity index is 189. The van der Waals surface area contributed by atoms with Gasteiger partial charge in [-0.05, 0) is 0 Å². The van der Waals surface area contributed by atoms with Crippen molar-refractivity contribution in [3.8, 4) is 0 Å². The van der Waals surface area contributed by atoms with Gasteiger partial charge in [0.1, 0.15) is 0 Å². The molecule has 2 N–H and O–H groups in total. The van der Waals surface area contributed by atoms with Crippen LogP contribution in [-0.2, 0) is 45.2 Å². The zero-order chi connectivity index (χ0) is 16.8. The summed E-state index contributed by atoms with van der Waals surface area (Å²) >= 11 is 1.83. The first-order valence-electron chi connectivity index (χ1n) is 2.50. The maximum absolute atomic E-state index is 8.40. The molecule has 96 valence electrons. The van der Waals surface area contributed by atoms with Crippen molar-refractivity contribution in [2.75, 3.05) is 0 Å². The zero-order valence-electron chi connectivity index (χ0n) is 9.11. The summed E-state index contributed by atoms with van der Waals surface area (Å²) < 4.78 is 92.1. The molecule has 0 radical (unpaired) electrons. The molecule has 0 unspecified atom stereocenters. The van der Waals surface area contributed by atoms with Gasteiger partial charge in [0.15, 0.2) is 0 Å². The van der Waals surface area contributed by atoms with Crippen molar-refractivity contribution >= 4 is 102 Å². The van der Waals surface area contributed by atoms with Crippen LogP contribution >= 0.6 is 0 Å². The predicted molar refractivity (Wildman–Crippen MR) is 51.4 cm³/mol. The van der Waals surface area contributed by atoms with Gasteiger partial charge in [0.05, 0.1) is 0 Å². The van der Waals surface area contributed by atoms with Gasteiger partial charge in [-0.15, -0.1) is 0 Å². The molecule has 0 aromatic heterocycles. The van der Waals surface area contributed by atoms with Gasteiger partial charge in [0.25, 0.3) is 0 Å². The van der Waals surface area contributed by atoms with E-state index in [1.165, 1.54) is 0 Å². The molecule has 19 heteroatoms. The Kier molecular flexibility index (Phi) is 662. The van der Waals surface area contributed by atoms with E-state index >= 15 is 0 Å². The second-order valence-corrected chi connectivity index (χ2v) is 1.00. The van der Waals surface area contributed by atoms with Crippen molar-refractivity contribution in [3.05, 3.63) is 0 Å². The SMILES string of the molecule is O.O=[Si]=O.O=[Si]=O.O=[Si]=O.O=[Si]=O.[O]=[Mg].[O]=[Mg].[O]=[Mg]. The Hall–Kier alpha value is 0.926. The van der Waals surface area contributed by atoms with E-state index in [4.69, 9.17) is 45.2 Å². The number of rotatable bonds is 0. The van der Waals surface area contributed by atoms with Gasteiger partial charge >= 0.3 is 112 Å². The van der Waals surface area contributed by atoms with Crippen LogP contribution in [0.2, 0.25) is 0 Å². The summed E-state index contributed by atoms with van der Waals surface area (Å²) in [5.41, 5.74) is 0. The fraction of sp³-hybridized carbons (Fsp3) is 0. The first kappa shape index (κ1) is 50.2. The summed E-state index contributed by atoms with van der Waals surface area (Å²) in [5.74, 6) is 0. The average molecular weight is 379 g/mol. The molecule has 0 aromatic carbocycles. The molecule has 0 saturated carbocycles. The van der Waals surface area contributed by atoms with Crippen molar-refractivity contribution < 1.29 is 50.7 Å². The van der Waals surface area contributed by atoms with E-state index < -0.39 is 37.2 Å². The van der Waals surface area contributed by atoms with Gasteiger partial charge < -0.3 is 5.48 Å². The summed E-state index contributed by atoms with van der Waals surface area (Å²) in [6, 6.07) is 0. The van der Waals surface area contributed by atoms with E-state index in [0.717, 1.165) is 0 Å². The summed E-state index contributed by atoms with van der Waals surface area (Å²) in [6.07, 6.45) is 0. The van der Waals surface area contributed by atoms with E-state index in [1.807, 2.05) is 0 Å². The van der Waals surface area contributed by atoms with E-state index in [1.54, 1.807) is 0 Å². The zero-order valence-corrected chi connectivity index (χ0v) is 17.4. The first-order valence-corrected chi connectivity index (χ1v) is 7.50. The van der Waals surface area contributed by atoms with Gasteiger partial charge in [0, 0.05) is 0 Å². The minimum absolute atomic E-state index is 0. The van der Waals surface area contributed by atoms with E-state index in [0.29, 0.717) is 65.1 Å². The summed E-state index contributed by atoms with van der Waals surface area (Å²) in [6.45, 7) is 0. The Balaban J connectivity index is -0.0000000124. The number of hydrogen-bond donors (Lipinski definition) is 0. The minimum atomic E-state index is -1.42. The van der Waals surface area contributed by atoms with Gasteiger partial charge in [-0.1, -0.05) is 0 Å². The molecule has 0 atom stereocenters.